The Morgan fingerprint density at radius 1 is 1.54 bits per heavy atom. The third-order valence-corrected chi connectivity index (χ3v) is 1.78. The number of aliphatic hydroxyl groups excluding tert-OH is 1. The van der Waals surface area contributed by atoms with E-state index < -0.39 is 0 Å². The second kappa shape index (κ2) is 4.61. The van der Waals surface area contributed by atoms with E-state index in [-0.39, 0.29) is 12.6 Å². The fourth-order valence-corrected chi connectivity index (χ4v) is 0.930. The summed E-state index contributed by atoms with van der Waals surface area (Å²) in [7, 11) is 0. The molecule has 0 bridgehead atoms. The van der Waals surface area contributed by atoms with E-state index in [1.54, 1.807) is 6.20 Å². The van der Waals surface area contributed by atoms with Crippen molar-refractivity contribution in [2.24, 2.45) is 0 Å². The molecule has 0 aliphatic heterocycles. The molecule has 0 radical (unpaired) electrons. The molecule has 1 rings (SSSR count). The van der Waals surface area contributed by atoms with Gasteiger partial charge in [-0.05, 0) is 6.42 Å². The summed E-state index contributed by atoms with van der Waals surface area (Å²) in [5, 5.41) is 11.9. The molecule has 4 N–H and O–H groups in total. The molecule has 1 unspecified atom stereocenters. The second-order valence-electron chi connectivity index (χ2n) is 2.72. The molecule has 1 atom stereocenters. The molecule has 0 aromatic carbocycles. The highest BCUT2D eigenvalue weighted by Gasteiger charge is 2.07. The van der Waals surface area contributed by atoms with Gasteiger partial charge in [0.15, 0.2) is 11.6 Å². The average molecular weight is 182 g/mol. The van der Waals surface area contributed by atoms with E-state index in [0.29, 0.717) is 11.6 Å². The van der Waals surface area contributed by atoms with E-state index in [1.165, 1.54) is 6.20 Å². The maximum Gasteiger partial charge on any atom is 0.169 e. The zero-order valence-electron chi connectivity index (χ0n) is 7.57. The SMILES string of the molecule is CCC(CO)Nc1nccnc1N. The maximum atomic E-state index is 8.93. The molecule has 0 saturated carbocycles. The van der Waals surface area contributed by atoms with Crippen LogP contribution in [-0.2, 0) is 0 Å². The smallest absolute Gasteiger partial charge is 0.169 e. The van der Waals surface area contributed by atoms with Crippen LogP contribution in [0, 0.1) is 0 Å². The van der Waals surface area contributed by atoms with Crippen molar-refractivity contribution in [3.63, 3.8) is 0 Å². The van der Waals surface area contributed by atoms with Gasteiger partial charge >= 0.3 is 0 Å². The molecular formula is C8H14N4O. The average Bonchev–Trinajstić information content (AvgIpc) is 2.17. The highest BCUT2D eigenvalue weighted by molar-refractivity contribution is 5.55. The van der Waals surface area contributed by atoms with E-state index in [2.05, 4.69) is 15.3 Å². The number of nitrogens with one attached hydrogen (secondary N) is 1. The van der Waals surface area contributed by atoms with E-state index in [4.69, 9.17) is 10.8 Å². The van der Waals surface area contributed by atoms with Crippen LogP contribution >= 0.6 is 0 Å². The van der Waals surface area contributed by atoms with E-state index in [0.717, 1.165) is 6.42 Å². The summed E-state index contributed by atoms with van der Waals surface area (Å²) in [5.74, 6) is 0.887. The molecule has 0 aliphatic rings. The van der Waals surface area contributed by atoms with Crippen LogP contribution in [0.15, 0.2) is 12.4 Å². The Hall–Kier alpha value is -1.36. The van der Waals surface area contributed by atoms with E-state index in [9.17, 15) is 0 Å². The van der Waals surface area contributed by atoms with Crippen LogP contribution in [-0.4, -0.2) is 27.7 Å². The van der Waals surface area contributed by atoms with Crippen LogP contribution in [0.2, 0.25) is 0 Å². The molecule has 0 amide bonds. The van der Waals surface area contributed by atoms with Crippen molar-refractivity contribution in [1.82, 2.24) is 9.97 Å². The van der Waals surface area contributed by atoms with E-state index in [1.807, 2.05) is 6.92 Å². The van der Waals surface area contributed by atoms with Crippen LogP contribution in [0.3, 0.4) is 0 Å². The fourth-order valence-electron chi connectivity index (χ4n) is 0.930. The summed E-state index contributed by atoms with van der Waals surface area (Å²) in [5.41, 5.74) is 5.56. The van der Waals surface area contributed by atoms with Crippen LogP contribution in [0.4, 0.5) is 11.6 Å². The molecule has 0 fully saturated rings. The molecule has 5 heteroatoms. The first kappa shape index (κ1) is 9.73. The third kappa shape index (κ3) is 2.55. The van der Waals surface area contributed by atoms with Gasteiger partial charge in [-0.1, -0.05) is 6.92 Å². The lowest BCUT2D eigenvalue weighted by Crippen LogP contribution is -2.24. The van der Waals surface area contributed by atoms with Crippen molar-refractivity contribution in [3.8, 4) is 0 Å². The van der Waals surface area contributed by atoms with Gasteiger partial charge in [0.25, 0.3) is 0 Å². The van der Waals surface area contributed by atoms with Gasteiger partial charge in [-0.2, -0.15) is 0 Å². The number of rotatable bonds is 4. The minimum atomic E-state index is -0.0148. The first-order chi connectivity index (χ1) is 6.27. The lowest BCUT2D eigenvalue weighted by molar-refractivity contribution is 0.271. The van der Waals surface area contributed by atoms with Crippen LogP contribution in [0.1, 0.15) is 13.3 Å². The largest absolute Gasteiger partial charge is 0.394 e. The number of anilines is 2. The molecule has 0 saturated heterocycles. The van der Waals surface area contributed by atoms with Gasteiger partial charge in [0.2, 0.25) is 0 Å². The van der Waals surface area contributed by atoms with Gasteiger partial charge in [-0.3, -0.25) is 0 Å². The number of hydrogen-bond donors (Lipinski definition) is 3. The van der Waals surface area contributed by atoms with Crippen molar-refractivity contribution < 1.29 is 5.11 Å². The van der Waals surface area contributed by atoms with Gasteiger partial charge < -0.3 is 16.2 Å². The standard InChI is InChI=1S/C8H14N4O/c1-2-6(5-13)12-8-7(9)10-3-4-11-8/h3-4,6,13H,2,5H2,1H3,(H2,9,10)(H,11,12). The molecule has 1 aromatic heterocycles. The minimum absolute atomic E-state index is 0.0148. The van der Waals surface area contributed by atoms with Gasteiger partial charge in [0.05, 0.1) is 12.6 Å². The summed E-state index contributed by atoms with van der Waals surface area (Å²) >= 11 is 0. The van der Waals surface area contributed by atoms with Crippen molar-refractivity contribution in [1.29, 1.82) is 0 Å². The van der Waals surface area contributed by atoms with Crippen LogP contribution in [0.25, 0.3) is 0 Å². The number of hydrogen-bond acceptors (Lipinski definition) is 5. The number of nitrogen functional groups attached to an aromatic ring is 1. The molecule has 0 spiro atoms. The molecule has 1 heterocycles. The Labute approximate surface area is 77.0 Å². The minimum Gasteiger partial charge on any atom is -0.394 e. The zero-order valence-corrected chi connectivity index (χ0v) is 7.57. The molecule has 72 valence electrons. The molecule has 13 heavy (non-hydrogen) atoms. The van der Waals surface area contributed by atoms with Crippen molar-refractivity contribution >= 4 is 11.6 Å². The Morgan fingerprint density at radius 2 is 2.23 bits per heavy atom. The van der Waals surface area contributed by atoms with Crippen molar-refractivity contribution in [2.45, 2.75) is 19.4 Å². The Balaban J connectivity index is 2.67. The molecule has 5 nitrogen and oxygen atoms in total. The van der Waals surface area contributed by atoms with Gasteiger partial charge in [-0.25, -0.2) is 9.97 Å². The van der Waals surface area contributed by atoms with Crippen LogP contribution < -0.4 is 11.1 Å². The number of nitrogens with zero attached hydrogens (tertiary/aromatic N) is 2. The third-order valence-electron chi connectivity index (χ3n) is 1.78. The first-order valence-corrected chi connectivity index (χ1v) is 4.21. The summed E-state index contributed by atoms with van der Waals surface area (Å²) in [6.07, 6.45) is 3.90. The predicted octanol–water partition coefficient (Wildman–Crippen LogP) is 0.242. The molecule has 1 aromatic rings. The summed E-state index contributed by atoms with van der Waals surface area (Å²) in [6.45, 7) is 2.03. The van der Waals surface area contributed by atoms with Gasteiger partial charge in [0, 0.05) is 12.4 Å². The van der Waals surface area contributed by atoms with Gasteiger partial charge in [0.1, 0.15) is 0 Å². The van der Waals surface area contributed by atoms with Crippen molar-refractivity contribution in [2.75, 3.05) is 17.7 Å². The quantitative estimate of drug-likeness (QED) is 0.621. The second-order valence-corrected chi connectivity index (χ2v) is 2.72. The normalized spacial score (nSPS) is 12.5. The highest BCUT2D eigenvalue weighted by Crippen LogP contribution is 2.11. The Kier molecular flexibility index (Phi) is 3.45. The lowest BCUT2D eigenvalue weighted by Gasteiger charge is -2.14. The lowest BCUT2D eigenvalue weighted by atomic mass is 10.2. The summed E-state index contributed by atoms with van der Waals surface area (Å²) in [4.78, 5) is 7.88. The topological polar surface area (TPSA) is 84.1 Å². The van der Waals surface area contributed by atoms with Gasteiger partial charge in [-0.15, -0.1) is 0 Å². The maximum absolute atomic E-state index is 8.93. The molecule has 0 aliphatic carbocycles. The number of nitrogens with two attached hydrogens (primary N) is 1. The Bertz CT molecular complexity index is 262. The first-order valence-electron chi connectivity index (χ1n) is 4.21. The summed E-state index contributed by atoms with van der Waals surface area (Å²) in [6, 6.07) is -0.0148. The van der Waals surface area contributed by atoms with Crippen molar-refractivity contribution in [3.05, 3.63) is 12.4 Å². The monoisotopic (exact) mass is 182 g/mol. The molecular weight excluding hydrogens is 168 g/mol. The number of aromatic nitrogens is 2. The zero-order chi connectivity index (χ0) is 9.68. The number of aliphatic hydroxyl groups is 1. The predicted molar refractivity (Wildman–Crippen MR) is 51.2 cm³/mol. The summed E-state index contributed by atoms with van der Waals surface area (Å²) < 4.78 is 0. The van der Waals surface area contributed by atoms with E-state index >= 15 is 0 Å². The Morgan fingerprint density at radius 3 is 2.77 bits per heavy atom. The van der Waals surface area contributed by atoms with Crippen LogP contribution in [0.5, 0.6) is 0 Å². The fraction of sp³-hybridized carbons (Fsp3) is 0.500. The highest BCUT2D eigenvalue weighted by atomic mass is 16.3.